The first kappa shape index (κ1) is 41.8. The molecule has 8 saturated carbocycles. The zero-order valence-corrected chi connectivity index (χ0v) is 43.9. The molecule has 2 aliphatic heterocycles. The Hall–Kier alpha value is -7.34. The lowest BCUT2D eigenvalue weighted by atomic mass is 9.43. The maximum absolute atomic E-state index is 2.83. The molecular weight excluding hydrogens is 950 g/mol. The zero-order chi connectivity index (χ0) is 49.6. The van der Waals surface area contributed by atoms with E-state index in [1.165, 1.54) is 149 Å². The number of anilines is 5. The van der Waals surface area contributed by atoms with Gasteiger partial charge in [-0.1, -0.05) is 109 Å². The van der Waals surface area contributed by atoms with Crippen molar-refractivity contribution in [1.29, 1.82) is 0 Å². The number of fused-ring (bicyclic) bond motifs is 10. The Labute approximate surface area is 453 Å². The van der Waals surface area contributed by atoms with Gasteiger partial charge in [-0.3, -0.25) is 0 Å². The second-order valence-electron chi connectivity index (χ2n) is 25.7. The second-order valence-corrected chi connectivity index (χ2v) is 26.7. The Balaban J connectivity index is 0.922. The van der Waals surface area contributed by atoms with Crippen molar-refractivity contribution in [3.05, 3.63) is 205 Å². The molecule has 0 amide bonds. The molecule has 4 heterocycles. The number of rotatable bonds is 7. The van der Waals surface area contributed by atoms with Crippen LogP contribution < -0.4 is 20.6 Å². The molecular formula is C72H56BN3S. The van der Waals surface area contributed by atoms with Gasteiger partial charge in [0.05, 0.1) is 11.0 Å². The highest BCUT2D eigenvalue weighted by atomic mass is 32.1. The Morgan fingerprint density at radius 3 is 2.04 bits per heavy atom. The van der Waals surface area contributed by atoms with Gasteiger partial charge in [0.25, 0.3) is 0 Å². The SMILES string of the molecule is c1ccc(-c2ccc(N3B4c5c(cc(N(c6ccccc6)c6ccccc6)cc5-n5c6ccc(C78CC9CC7CCC98)cc6c6cc(C78CC9CC%10CC(C7)C8C%109)cc4c65)-c4cc5c(cc43)sc3ccccc35)cc2)cc1. The molecule has 2 aromatic heterocycles. The Kier molecular flexibility index (Phi) is 7.82. The molecule has 8 fully saturated rings. The summed E-state index contributed by atoms with van der Waals surface area (Å²) in [5.41, 5.74) is 22.1. The van der Waals surface area contributed by atoms with Gasteiger partial charge < -0.3 is 14.3 Å². The number of aromatic nitrogens is 1. The Morgan fingerprint density at radius 2 is 1.25 bits per heavy atom. The first-order chi connectivity index (χ1) is 38.1. The molecule has 0 N–H and O–H groups in total. The van der Waals surface area contributed by atoms with Gasteiger partial charge in [-0.2, -0.15) is 0 Å². The second kappa shape index (κ2) is 14.4. The van der Waals surface area contributed by atoms with Gasteiger partial charge in [-0.15, -0.1) is 11.3 Å². The number of nitrogens with zero attached hydrogens (tertiary/aromatic N) is 3. The van der Waals surface area contributed by atoms with Crippen LogP contribution in [0.4, 0.5) is 28.4 Å². The summed E-state index contributed by atoms with van der Waals surface area (Å²) >= 11 is 1.94. The van der Waals surface area contributed by atoms with Gasteiger partial charge in [0.15, 0.2) is 0 Å². The fraction of sp³-hybridized carbons (Fsp3) is 0.250. The minimum atomic E-state index is -0.0602. The number of thiophene rings is 1. The van der Waals surface area contributed by atoms with Crippen molar-refractivity contribution < 1.29 is 0 Å². The Bertz CT molecular complexity index is 4340. The molecule has 4 bridgehead atoms. The third-order valence-electron chi connectivity index (χ3n) is 22.9. The number of hydrogen-bond donors (Lipinski definition) is 0. The third kappa shape index (κ3) is 5.10. The van der Waals surface area contributed by atoms with E-state index in [9.17, 15) is 0 Å². The van der Waals surface area contributed by atoms with Crippen LogP contribution in [0.1, 0.15) is 62.5 Å². The Morgan fingerprint density at radius 1 is 0.506 bits per heavy atom. The van der Waals surface area contributed by atoms with Gasteiger partial charge >= 0.3 is 6.85 Å². The summed E-state index contributed by atoms with van der Waals surface area (Å²) in [6.45, 7) is -0.0602. The van der Waals surface area contributed by atoms with Gasteiger partial charge in [-0.05, 0) is 228 Å². The van der Waals surface area contributed by atoms with Crippen LogP contribution in [0, 0.1) is 47.3 Å². The average molecular weight is 1010 g/mol. The fourth-order valence-corrected chi connectivity index (χ4v) is 21.3. The van der Waals surface area contributed by atoms with Crippen molar-refractivity contribution in [2.24, 2.45) is 47.3 Å². The number of hydrogen-bond acceptors (Lipinski definition) is 3. The van der Waals surface area contributed by atoms with Crippen LogP contribution in [-0.2, 0) is 10.8 Å². The van der Waals surface area contributed by atoms with Crippen LogP contribution in [-0.4, -0.2) is 11.4 Å². The normalized spacial score (nSPS) is 28.7. The van der Waals surface area contributed by atoms with E-state index >= 15 is 0 Å². The smallest absolute Gasteiger partial charge is 0.333 e. The summed E-state index contributed by atoms with van der Waals surface area (Å²) < 4.78 is 5.48. The highest BCUT2D eigenvalue weighted by molar-refractivity contribution is 7.25. The maximum Gasteiger partial charge on any atom is 0.333 e. The summed E-state index contributed by atoms with van der Waals surface area (Å²) in [5.74, 6) is 7.25. The predicted octanol–water partition coefficient (Wildman–Crippen LogP) is 17.1. The molecule has 0 radical (unpaired) electrons. The zero-order valence-electron chi connectivity index (χ0n) is 43.1. The van der Waals surface area contributed by atoms with Crippen LogP contribution in [0.3, 0.4) is 0 Å². The van der Waals surface area contributed by atoms with Crippen LogP contribution >= 0.6 is 11.3 Å². The van der Waals surface area contributed by atoms with Gasteiger partial charge in [0.2, 0.25) is 0 Å². The quantitative estimate of drug-likeness (QED) is 0.147. The lowest BCUT2D eigenvalue weighted by Crippen LogP contribution is -2.61. The van der Waals surface area contributed by atoms with E-state index in [0.717, 1.165) is 58.7 Å². The van der Waals surface area contributed by atoms with E-state index in [0.29, 0.717) is 5.41 Å². The average Bonchev–Trinajstić information content (AvgIpc) is 4.50. The minimum Gasteiger partial charge on any atom is -0.376 e. The standard InChI is InChI=1S/C72H56BN3S/c1-4-12-41(13-5-1)42-20-24-52(25-21-42)76-63-37-66-57(54-18-10-11-19-65(54)77-66)36-56(63)58-34-53(74(50-14-6-2-7-15-50)51-16-8-3-9-17-51)35-64-69(58)73(76)61-33-49(71-38-45-28-43-29-46(39-71)68(71)67(43)45)32-59-55-31-48(23-27-62(55)75(64)70(59)61)72-40-44-30-47(72)22-26-60(44)72/h1-21,23-25,27,31-37,43-47,60,67-68H,22,26,28-30,38-40H2. The van der Waals surface area contributed by atoms with Gasteiger partial charge in [0.1, 0.15) is 0 Å². The first-order valence-corrected chi connectivity index (χ1v) is 30.0. The highest BCUT2D eigenvalue weighted by Crippen LogP contribution is 2.78. The van der Waals surface area contributed by atoms with E-state index in [2.05, 4.69) is 208 Å². The first-order valence-electron chi connectivity index (χ1n) is 29.2. The topological polar surface area (TPSA) is 11.4 Å². The van der Waals surface area contributed by atoms with Crippen LogP contribution in [0.2, 0.25) is 0 Å². The van der Waals surface area contributed by atoms with E-state index in [4.69, 9.17) is 0 Å². The summed E-state index contributed by atoms with van der Waals surface area (Å²) in [6, 6.07) is 75.9. The van der Waals surface area contributed by atoms with E-state index in [-0.39, 0.29) is 12.3 Å². The van der Waals surface area contributed by atoms with Crippen molar-refractivity contribution in [3.63, 3.8) is 0 Å². The number of benzene rings is 9. The summed E-state index contributed by atoms with van der Waals surface area (Å²) in [5, 5.41) is 5.65. The molecule has 10 aliphatic rings. The molecule has 77 heavy (non-hydrogen) atoms. The summed E-state index contributed by atoms with van der Waals surface area (Å²) in [6.07, 6.45) is 11.4. The maximum atomic E-state index is 2.83. The van der Waals surface area contributed by atoms with Crippen molar-refractivity contribution in [3.8, 4) is 27.9 Å². The molecule has 368 valence electrons. The molecule has 0 spiro atoms. The van der Waals surface area contributed by atoms with Crippen LogP contribution in [0.25, 0.3) is 69.9 Å². The third-order valence-corrected chi connectivity index (χ3v) is 24.0. The van der Waals surface area contributed by atoms with E-state index < -0.39 is 0 Å². The molecule has 5 heteroatoms. The molecule has 10 unspecified atom stereocenters. The monoisotopic (exact) mass is 1010 g/mol. The van der Waals surface area contributed by atoms with E-state index in [1.54, 1.807) is 11.1 Å². The molecule has 0 saturated heterocycles. The van der Waals surface area contributed by atoms with Crippen molar-refractivity contribution in [2.45, 2.75) is 62.2 Å². The van der Waals surface area contributed by atoms with Gasteiger partial charge in [-0.25, -0.2) is 0 Å². The molecule has 21 rings (SSSR count). The summed E-state index contributed by atoms with van der Waals surface area (Å²) in [7, 11) is 0. The molecule has 11 aromatic rings. The molecule has 10 atom stereocenters. The van der Waals surface area contributed by atoms with E-state index in [1.807, 2.05) is 11.3 Å². The predicted molar refractivity (Wildman–Crippen MR) is 321 cm³/mol. The van der Waals surface area contributed by atoms with Crippen molar-refractivity contribution in [2.75, 3.05) is 9.71 Å². The number of para-hydroxylation sites is 2. The fourth-order valence-electron chi connectivity index (χ4n) is 20.2. The lowest BCUT2D eigenvalue weighted by molar-refractivity contribution is 0.0685. The lowest BCUT2D eigenvalue weighted by Gasteiger charge is -2.51. The van der Waals surface area contributed by atoms with Crippen LogP contribution in [0.5, 0.6) is 0 Å². The largest absolute Gasteiger partial charge is 0.376 e. The van der Waals surface area contributed by atoms with Crippen molar-refractivity contribution >= 4 is 99.5 Å². The highest BCUT2D eigenvalue weighted by Gasteiger charge is 2.73. The van der Waals surface area contributed by atoms with Gasteiger partial charge in [0, 0.05) is 76.0 Å². The minimum absolute atomic E-state index is 0.0602. The molecule has 3 nitrogen and oxygen atoms in total. The van der Waals surface area contributed by atoms with Crippen LogP contribution in [0.15, 0.2) is 194 Å². The van der Waals surface area contributed by atoms with Crippen molar-refractivity contribution in [1.82, 2.24) is 4.57 Å². The molecule has 9 aromatic carbocycles. The molecule has 8 aliphatic carbocycles. The summed E-state index contributed by atoms with van der Waals surface area (Å²) in [4.78, 5) is 5.32.